The number of unbranched alkanes of at least 4 members (excludes halogenated alkanes) is 1. The molecule has 2 heterocycles. The van der Waals surface area contributed by atoms with Crippen LogP contribution >= 0.6 is 0 Å². The van der Waals surface area contributed by atoms with Crippen molar-refractivity contribution in [3.63, 3.8) is 0 Å². The lowest BCUT2D eigenvalue weighted by molar-refractivity contribution is -0.123. The molecule has 1 aliphatic rings. The number of halogens is 3. The van der Waals surface area contributed by atoms with Gasteiger partial charge >= 0.3 is 6.18 Å². The lowest BCUT2D eigenvalue weighted by Gasteiger charge is -2.43. The summed E-state index contributed by atoms with van der Waals surface area (Å²) in [5.41, 5.74) is 4.09. The first-order valence-corrected chi connectivity index (χ1v) is 22.1. The molecule has 296 valence electrons. The molecule has 2 atom stereocenters. The number of rotatable bonds is 16. The first kappa shape index (κ1) is 42.8. The van der Waals surface area contributed by atoms with Gasteiger partial charge in [0.2, 0.25) is 0 Å². The third-order valence-corrected chi connectivity index (χ3v) is 16.6. The smallest absolute Gasteiger partial charge is 0.405 e. The standard InChI is InChI=1S/C44H51F3N4O3SSi/c1-7-10-26-55(53)51-30-35-28-38(42(52)49-31-44(45,46)47)50-41(34-19-17-18-33(27-34)32(8-2)29-48-9-3)40(35)39(51)24-25-54-56(43(4,5)6,36-20-13-11-14-21-36)37-22-15-12-16-23-37/h8-9,11-23,27-29,39H,3,7,10,24-26,30-31H2,1-2,4-6H3,(H,49,52)/b32-8+,48-29-/t39-,55-/m1/s1. The lowest BCUT2D eigenvalue weighted by atomic mass is 9.94. The Kier molecular flexibility index (Phi) is 14.3. The fourth-order valence-corrected chi connectivity index (χ4v) is 13.5. The molecular weight excluding hydrogens is 750 g/mol. The van der Waals surface area contributed by atoms with Crippen LogP contribution in [0.25, 0.3) is 16.8 Å². The third kappa shape index (κ3) is 9.78. The zero-order valence-electron chi connectivity index (χ0n) is 32.7. The summed E-state index contributed by atoms with van der Waals surface area (Å²) in [6.07, 6.45) is 2.51. The topological polar surface area (TPSA) is 89.9 Å². The van der Waals surface area contributed by atoms with Gasteiger partial charge in [-0.1, -0.05) is 126 Å². The highest BCUT2D eigenvalue weighted by atomic mass is 32.2. The number of nitrogens with one attached hydrogen (secondary N) is 1. The Bertz CT molecular complexity index is 1980. The maximum absolute atomic E-state index is 14.2. The highest BCUT2D eigenvalue weighted by Crippen LogP contribution is 2.45. The quantitative estimate of drug-likeness (QED) is 0.0695. The maximum atomic E-state index is 14.2. The first-order chi connectivity index (χ1) is 26.7. The fraction of sp³-hybridized carbons (Fsp3) is 0.341. The summed E-state index contributed by atoms with van der Waals surface area (Å²) in [5.74, 6) is -0.493. The Labute approximate surface area is 333 Å². The number of benzene rings is 3. The molecule has 12 heteroatoms. The summed E-state index contributed by atoms with van der Waals surface area (Å²) < 4.78 is 63.1. The largest absolute Gasteiger partial charge is 0.598 e. The summed E-state index contributed by atoms with van der Waals surface area (Å²) in [6, 6.07) is 29.4. The summed E-state index contributed by atoms with van der Waals surface area (Å²) in [4.78, 5) is 22.3. The molecule has 1 aliphatic heterocycles. The number of carbonyl (C=O) groups excluding carboxylic acids is 1. The van der Waals surface area contributed by atoms with Crippen molar-refractivity contribution in [2.24, 2.45) is 4.99 Å². The predicted octanol–water partition coefficient (Wildman–Crippen LogP) is 8.95. The van der Waals surface area contributed by atoms with Crippen LogP contribution in [0.5, 0.6) is 0 Å². The highest BCUT2D eigenvalue weighted by Gasteiger charge is 2.50. The number of amides is 1. The molecule has 0 aliphatic carbocycles. The molecule has 0 bridgehead atoms. The second-order valence-corrected chi connectivity index (χ2v) is 20.6. The summed E-state index contributed by atoms with van der Waals surface area (Å²) in [7, 11) is -2.93. The zero-order valence-corrected chi connectivity index (χ0v) is 34.6. The Morgan fingerprint density at radius 3 is 2.29 bits per heavy atom. The van der Waals surface area contributed by atoms with Crippen LogP contribution < -0.4 is 15.7 Å². The van der Waals surface area contributed by atoms with Crippen LogP contribution in [-0.2, 0) is 22.3 Å². The van der Waals surface area contributed by atoms with E-state index < -0.39 is 44.3 Å². The molecule has 1 aromatic heterocycles. The molecule has 1 N–H and O–H groups in total. The highest BCUT2D eigenvalue weighted by molar-refractivity contribution is 7.89. The van der Waals surface area contributed by atoms with E-state index in [2.05, 4.69) is 56.6 Å². The van der Waals surface area contributed by atoms with Crippen LogP contribution in [0.3, 0.4) is 0 Å². The molecule has 0 radical (unpaired) electrons. The van der Waals surface area contributed by atoms with Crippen molar-refractivity contribution in [1.29, 1.82) is 0 Å². The Morgan fingerprint density at radius 1 is 1.05 bits per heavy atom. The van der Waals surface area contributed by atoms with Gasteiger partial charge in [-0.2, -0.15) is 13.2 Å². The van der Waals surface area contributed by atoms with E-state index in [-0.39, 0.29) is 17.3 Å². The summed E-state index contributed by atoms with van der Waals surface area (Å²) >= 11 is -1.40. The number of hydrogen-bond acceptors (Lipinski definition) is 6. The van der Waals surface area contributed by atoms with E-state index in [1.807, 2.05) is 90.2 Å². The van der Waals surface area contributed by atoms with Crippen LogP contribution in [0.2, 0.25) is 5.04 Å². The minimum absolute atomic E-state index is 0.142. The summed E-state index contributed by atoms with van der Waals surface area (Å²) in [6.45, 7) is 13.3. The minimum Gasteiger partial charge on any atom is -0.598 e. The molecule has 0 saturated heterocycles. The number of pyridine rings is 1. The maximum Gasteiger partial charge on any atom is 0.405 e. The van der Waals surface area contributed by atoms with Gasteiger partial charge < -0.3 is 14.3 Å². The predicted molar refractivity (Wildman–Crippen MR) is 225 cm³/mol. The average Bonchev–Trinajstić information content (AvgIpc) is 3.56. The molecule has 0 fully saturated rings. The van der Waals surface area contributed by atoms with Crippen molar-refractivity contribution >= 4 is 47.7 Å². The monoisotopic (exact) mass is 800 g/mol. The number of allylic oxidation sites excluding steroid dienone is 2. The number of fused-ring (bicyclic) bond motifs is 1. The lowest BCUT2D eigenvalue weighted by Crippen LogP contribution is -2.66. The number of aliphatic imine (C=N–C) groups is 1. The van der Waals surface area contributed by atoms with Crippen LogP contribution in [0, 0.1) is 0 Å². The van der Waals surface area contributed by atoms with Crippen LogP contribution in [0.1, 0.15) is 87.1 Å². The van der Waals surface area contributed by atoms with Crippen molar-refractivity contribution < 1.29 is 26.9 Å². The molecule has 0 saturated carbocycles. The van der Waals surface area contributed by atoms with Crippen molar-refractivity contribution in [2.75, 3.05) is 18.9 Å². The van der Waals surface area contributed by atoms with Crippen molar-refractivity contribution in [3.05, 3.63) is 132 Å². The second kappa shape index (κ2) is 18.7. The van der Waals surface area contributed by atoms with Gasteiger partial charge in [-0.15, -0.1) is 4.31 Å². The van der Waals surface area contributed by atoms with Gasteiger partial charge in [0.15, 0.2) is 0 Å². The zero-order chi connectivity index (χ0) is 40.5. The van der Waals surface area contributed by atoms with Crippen LogP contribution in [0.4, 0.5) is 13.2 Å². The Morgan fingerprint density at radius 2 is 1.71 bits per heavy atom. The van der Waals surface area contributed by atoms with E-state index in [0.717, 1.165) is 39.9 Å². The van der Waals surface area contributed by atoms with Gasteiger partial charge in [-0.05, 0) is 64.0 Å². The van der Waals surface area contributed by atoms with E-state index in [1.165, 1.54) is 6.20 Å². The fourth-order valence-electron chi connectivity index (χ4n) is 7.41. The SMILES string of the molecule is C=C/N=C\C(=C/C)c1cccc(-c2nc(C(=O)NCC(F)(F)F)cc3c2[C@@H](CCO[Si](c2ccccc2)(c2ccccc2)C(C)(C)C)N([S@+]([O-])CCCC)C3)c1. The van der Waals surface area contributed by atoms with E-state index in [0.29, 0.717) is 35.6 Å². The van der Waals surface area contributed by atoms with Gasteiger partial charge in [-0.25, -0.2) is 4.98 Å². The van der Waals surface area contributed by atoms with Gasteiger partial charge in [-0.3, -0.25) is 9.79 Å². The van der Waals surface area contributed by atoms with Gasteiger partial charge in [0, 0.05) is 41.5 Å². The van der Waals surface area contributed by atoms with Crippen molar-refractivity contribution in [1.82, 2.24) is 14.6 Å². The first-order valence-electron chi connectivity index (χ1n) is 18.9. The van der Waals surface area contributed by atoms with E-state index >= 15 is 0 Å². The molecule has 4 aromatic rings. The van der Waals surface area contributed by atoms with E-state index in [4.69, 9.17) is 9.41 Å². The Hall–Kier alpha value is -4.33. The second-order valence-electron chi connectivity index (χ2n) is 14.8. The molecule has 7 nitrogen and oxygen atoms in total. The number of nitrogens with zero attached hydrogens (tertiary/aromatic N) is 3. The van der Waals surface area contributed by atoms with Crippen LogP contribution in [0.15, 0.2) is 115 Å². The molecular formula is C44H51F3N4O3SSi. The molecule has 0 spiro atoms. The van der Waals surface area contributed by atoms with E-state index in [1.54, 1.807) is 12.3 Å². The number of carbonyl (C=O) groups is 1. The van der Waals surface area contributed by atoms with Crippen LogP contribution in [-0.4, -0.2) is 59.4 Å². The molecule has 1 amide bonds. The molecule has 3 aromatic carbocycles. The molecule has 0 unspecified atom stereocenters. The average molecular weight is 801 g/mol. The third-order valence-electron chi connectivity index (χ3n) is 9.99. The van der Waals surface area contributed by atoms with Crippen molar-refractivity contribution in [2.45, 2.75) is 77.7 Å². The summed E-state index contributed by atoms with van der Waals surface area (Å²) in [5, 5.41) is 4.00. The van der Waals surface area contributed by atoms with Gasteiger partial charge in [0.05, 0.1) is 18.3 Å². The van der Waals surface area contributed by atoms with E-state index in [9.17, 15) is 22.5 Å². The number of aromatic nitrogens is 1. The Balaban J connectivity index is 1.65. The molecule has 56 heavy (non-hydrogen) atoms. The molecule has 5 rings (SSSR count). The van der Waals surface area contributed by atoms with Gasteiger partial charge in [0.25, 0.3) is 14.2 Å². The normalized spacial score (nSPS) is 15.9. The van der Waals surface area contributed by atoms with Crippen molar-refractivity contribution in [3.8, 4) is 11.3 Å². The number of alkyl halides is 3. The van der Waals surface area contributed by atoms with Gasteiger partial charge in [0.1, 0.15) is 18.0 Å². The minimum atomic E-state index is -4.59. The number of hydrogen-bond donors (Lipinski definition) is 1.